The Bertz CT molecular complexity index is 1270. The molecule has 4 rings (SSSR count). The summed E-state index contributed by atoms with van der Waals surface area (Å²) < 4.78 is 34.8. The van der Waals surface area contributed by atoms with Crippen molar-refractivity contribution in [2.75, 3.05) is 13.7 Å². The van der Waals surface area contributed by atoms with Crippen LogP contribution in [0.2, 0.25) is 0 Å². The van der Waals surface area contributed by atoms with Crippen LogP contribution in [0.1, 0.15) is 51.3 Å². The molecular formula is C27H34F2N4O5S. The number of rotatable bonds is 8. The fraction of sp³-hybridized carbons (Fsp3) is 0.556. The molecular weight excluding hydrogens is 530 g/mol. The average Bonchev–Trinajstić information content (AvgIpc) is 3.28. The van der Waals surface area contributed by atoms with E-state index < -0.39 is 52.8 Å². The van der Waals surface area contributed by atoms with Crippen LogP contribution >= 0.6 is 11.3 Å². The fourth-order valence-electron chi connectivity index (χ4n) is 4.67. The molecule has 0 spiro atoms. The summed E-state index contributed by atoms with van der Waals surface area (Å²) in [6.45, 7) is 6.78. The number of halogens is 2. The number of nitrogens with zero attached hydrogens (tertiary/aromatic N) is 2. The summed E-state index contributed by atoms with van der Waals surface area (Å²) in [7, 11) is 1.44. The summed E-state index contributed by atoms with van der Waals surface area (Å²) in [5.74, 6) is -2.10. The van der Waals surface area contributed by atoms with E-state index in [4.69, 9.17) is 4.74 Å². The largest absolute Gasteiger partial charge is 0.496 e. The number of ether oxygens (including phenoxy) is 1. The number of hydrogen-bond donors (Lipinski definition) is 3. The van der Waals surface area contributed by atoms with E-state index in [1.807, 2.05) is 0 Å². The van der Waals surface area contributed by atoms with E-state index in [1.165, 1.54) is 29.4 Å². The highest BCUT2D eigenvalue weighted by Gasteiger charge is 2.53. The van der Waals surface area contributed by atoms with Crippen LogP contribution in [0.5, 0.6) is 5.75 Å². The summed E-state index contributed by atoms with van der Waals surface area (Å²) in [5, 5.41) is 15.6. The first-order valence-electron chi connectivity index (χ1n) is 12.8. The molecule has 39 heavy (non-hydrogen) atoms. The molecule has 1 aliphatic heterocycles. The highest BCUT2D eigenvalue weighted by atomic mass is 32.1. The molecule has 0 bridgehead atoms. The van der Waals surface area contributed by atoms with Gasteiger partial charge in [-0.2, -0.15) is 0 Å². The Morgan fingerprint density at radius 3 is 2.56 bits per heavy atom. The lowest BCUT2D eigenvalue weighted by molar-refractivity contribution is -0.145. The smallest absolute Gasteiger partial charge is 0.258 e. The molecule has 12 heteroatoms. The van der Waals surface area contributed by atoms with Crippen LogP contribution in [-0.2, 0) is 20.9 Å². The van der Waals surface area contributed by atoms with Crippen LogP contribution in [-0.4, -0.2) is 70.2 Å². The van der Waals surface area contributed by atoms with E-state index in [0.717, 1.165) is 0 Å². The lowest BCUT2D eigenvalue weighted by Crippen LogP contribution is -2.59. The second kappa shape index (κ2) is 10.8. The number of benzene rings is 1. The Morgan fingerprint density at radius 2 is 2.00 bits per heavy atom. The SMILES string of the molecule is COc1cc(-c2scnc2C)c(F)cc1CNC(=O)[C@@H]1C[C@@H](O)CN1C(=O)[C@H](NC(=O)C1(F)CC1)C(C)(C)C. The first-order valence-corrected chi connectivity index (χ1v) is 13.7. The van der Waals surface area contributed by atoms with Crippen molar-refractivity contribution in [3.63, 3.8) is 0 Å². The van der Waals surface area contributed by atoms with E-state index in [-0.39, 0.29) is 32.4 Å². The minimum atomic E-state index is -1.96. The van der Waals surface area contributed by atoms with Gasteiger partial charge in [-0.25, -0.2) is 13.8 Å². The van der Waals surface area contributed by atoms with Gasteiger partial charge in [0.25, 0.3) is 5.91 Å². The Morgan fingerprint density at radius 1 is 1.31 bits per heavy atom. The Hall–Kier alpha value is -3.12. The fourth-order valence-corrected chi connectivity index (χ4v) is 5.50. The topological polar surface area (TPSA) is 121 Å². The van der Waals surface area contributed by atoms with E-state index in [0.29, 0.717) is 27.4 Å². The summed E-state index contributed by atoms with van der Waals surface area (Å²) in [4.78, 5) is 45.3. The van der Waals surface area contributed by atoms with Gasteiger partial charge >= 0.3 is 0 Å². The molecule has 0 radical (unpaired) electrons. The highest BCUT2D eigenvalue weighted by Crippen LogP contribution is 2.40. The number of likely N-dealkylation sites (tertiary alicyclic amines) is 1. The van der Waals surface area contributed by atoms with Gasteiger partial charge in [0.15, 0.2) is 5.67 Å². The first-order chi connectivity index (χ1) is 18.2. The molecule has 2 heterocycles. The number of alkyl halides is 1. The van der Waals surface area contributed by atoms with Gasteiger partial charge in [0, 0.05) is 30.6 Å². The van der Waals surface area contributed by atoms with Crippen LogP contribution in [0.25, 0.3) is 10.4 Å². The van der Waals surface area contributed by atoms with Crippen molar-refractivity contribution in [1.29, 1.82) is 0 Å². The van der Waals surface area contributed by atoms with Crippen LogP contribution in [0.15, 0.2) is 17.6 Å². The molecule has 2 aliphatic rings. The second-order valence-corrected chi connectivity index (χ2v) is 12.1. The van der Waals surface area contributed by atoms with Crippen molar-refractivity contribution in [3.05, 3.63) is 34.7 Å². The predicted molar refractivity (Wildman–Crippen MR) is 141 cm³/mol. The molecule has 3 N–H and O–H groups in total. The van der Waals surface area contributed by atoms with Gasteiger partial charge in [-0.3, -0.25) is 14.4 Å². The maximum atomic E-state index is 15.0. The molecule has 3 amide bonds. The predicted octanol–water partition coefficient (Wildman–Crippen LogP) is 2.88. The molecule has 3 atom stereocenters. The van der Waals surface area contributed by atoms with Gasteiger partial charge in [0.1, 0.15) is 23.7 Å². The van der Waals surface area contributed by atoms with Gasteiger partial charge < -0.3 is 25.4 Å². The van der Waals surface area contributed by atoms with Crippen molar-refractivity contribution < 1.29 is 33.0 Å². The number of carbonyl (C=O) groups is 3. The van der Waals surface area contributed by atoms with E-state index >= 15 is 4.39 Å². The number of hydrogen-bond acceptors (Lipinski definition) is 7. The number of aryl methyl sites for hydroxylation is 1. The zero-order valence-corrected chi connectivity index (χ0v) is 23.5. The van der Waals surface area contributed by atoms with Crippen LogP contribution in [0, 0.1) is 18.2 Å². The minimum absolute atomic E-state index is 0.00940. The molecule has 212 valence electrons. The zero-order valence-electron chi connectivity index (χ0n) is 22.6. The van der Waals surface area contributed by atoms with Crippen molar-refractivity contribution in [2.45, 2.75) is 77.4 Å². The number of aromatic nitrogens is 1. The quantitative estimate of drug-likeness (QED) is 0.454. The number of carbonyl (C=O) groups excluding carboxylic acids is 3. The molecule has 1 saturated carbocycles. The zero-order chi connectivity index (χ0) is 28.7. The summed E-state index contributed by atoms with van der Waals surface area (Å²) in [6, 6.07) is 0.719. The third-order valence-electron chi connectivity index (χ3n) is 7.16. The number of nitrogens with one attached hydrogen (secondary N) is 2. The number of amides is 3. The number of methoxy groups -OCH3 is 1. The molecule has 1 aromatic carbocycles. The van der Waals surface area contributed by atoms with Crippen LogP contribution in [0.3, 0.4) is 0 Å². The maximum Gasteiger partial charge on any atom is 0.258 e. The first kappa shape index (κ1) is 28.9. The van der Waals surface area contributed by atoms with Crippen LogP contribution in [0.4, 0.5) is 8.78 Å². The summed E-state index contributed by atoms with van der Waals surface area (Å²) in [6.07, 6.45) is -0.756. The summed E-state index contributed by atoms with van der Waals surface area (Å²) in [5.41, 5.74) is 0.307. The van der Waals surface area contributed by atoms with Gasteiger partial charge in [-0.15, -0.1) is 11.3 Å². The lowest BCUT2D eigenvalue weighted by atomic mass is 9.85. The van der Waals surface area contributed by atoms with Gasteiger partial charge in [0.2, 0.25) is 11.8 Å². The Balaban J connectivity index is 1.49. The molecule has 1 aliphatic carbocycles. The Labute approximate surface area is 229 Å². The summed E-state index contributed by atoms with van der Waals surface area (Å²) >= 11 is 1.31. The number of thiazole rings is 1. The molecule has 2 fully saturated rings. The van der Waals surface area contributed by atoms with Gasteiger partial charge in [-0.1, -0.05) is 20.8 Å². The molecule has 0 unspecified atom stereocenters. The molecule has 1 aromatic heterocycles. The molecule has 1 saturated heterocycles. The van der Waals surface area contributed by atoms with Gasteiger partial charge in [0.05, 0.1) is 29.3 Å². The molecule has 2 aromatic rings. The van der Waals surface area contributed by atoms with Crippen molar-refractivity contribution in [3.8, 4) is 16.2 Å². The van der Waals surface area contributed by atoms with E-state index in [9.17, 15) is 23.9 Å². The third kappa shape index (κ3) is 6.06. The van der Waals surface area contributed by atoms with Crippen molar-refractivity contribution in [1.82, 2.24) is 20.5 Å². The normalized spacial score (nSPS) is 20.9. The minimum Gasteiger partial charge on any atom is -0.496 e. The van der Waals surface area contributed by atoms with Crippen molar-refractivity contribution in [2.24, 2.45) is 5.41 Å². The molecule has 9 nitrogen and oxygen atoms in total. The average molecular weight is 565 g/mol. The number of aliphatic hydroxyl groups excluding tert-OH is 1. The highest BCUT2D eigenvalue weighted by molar-refractivity contribution is 7.13. The standard InChI is InChI=1S/C27H34F2N4O5S/c1-14-21(39-13-31-14)17-10-20(38-5)15(8-18(17)28)11-30-23(35)19-9-16(34)12-33(19)24(36)22(26(2,3)4)32-25(37)27(29)6-7-27/h8,10,13,16,19,22,34H,6-7,9,11-12H2,1-5H3,(H,30,35)(H,32,37)/t16-,19+,22+/m1/s1. The second-order valence-electron chi connectivity index (χ2n) is 11.3. The Kier molecular flexibility index (Phi) is 8.00. The van der Waals surface area contributed by atoms with Crippen LogP contribution < -0.4 is 15.4 Å². The van der Waals surface area contributed by atoms with E-state index in [2.05, 4.69) is 15.6 Å². The number of aliphatic hydroxyl groups is 1. The monoisotopic (exact) mass is 564 g/mol. The van der Waals surface area contributed by atoms with Gasteiger partial charge in [-0.05, 0) is 37.3 Å². The maximum absolute atomic E-state index is 15.0. The third-order valence-corrected chi connectivity index (χ3v) is 8.12. The lowest BCUT2D eigenvalue weighted by Gasteiger charge is -2.35. The number of β-amino-alcohol motifs (C(OH)–C–C–N with tert-alkyl or cyclic N) is 1. The van der Waals surface area contributed by atoms with Crippen molar-refractivity contribution >= 4 is 29.1 Å². The van der Waals surface area contributed by atoms with E-state index in [1.54, 1.807) is 39.3 Å².